The maximum atomic E-state index is 14.7. The molecule has 0 spiro atoms. The van der Waals surface area contributed by atoms with Gasteiger partial charge in [0, 0.05) is 18.4 Å². The van der Waals surface area contributed by atoms with Gasteiger partial charge < -0.3 is 14.6 Å². The van der Waals surface area contributed by atoms with E-state index in [0.717, 1.165) is 24.0 Å². The number of aromatic nitrogens is 1. The molecule has 190 valence electrons. The first-order valence-corrected chi connectivity index (χ1v) is 13.4. The number of amides is 1. The van der Waals surface area contributed by atoms with Crippen molar-refractivity contribution in [2.45, 2.75) is 44.8 Å². The molecule has 3 atom stereocenters. The van der Waals surface area contributed by atoms with Crippen molar-refractivity contribution in [1.29, 1.82) is 0 Å². The zero-order chi connectivity index (χ0) is 26.0. The van der Waals surface area contributed by atoms with Crippen LogP contribution in [0.25, 0.3) is 0 Å². The number of nitrogens with zero attached hydrogens (tertiary/aromatic N) is 4. The Morgan fingerprint density at radius 2 is 2.03 bits per heavy atom. The van der Waals surface area contributed by atoms with Crippen LogP contribution in [-0.4, -0.2) is 52.2 Å². The molecule has 0 saturated carbocycles. The highest BCUT2D eigenvalue weighted by Gasteiger charge is 2.41. The molecule has 1 saturated heterocycles. The third-order valence-electron chi connectivity index (χ3n) is 6.56. The highest BCUT2D eigenvalue weighted by atomic mass is 35.5. The number of benzene rings is 1. The van der Waals surface area contributed by atoms with Gasteiger partial charge in [-0.05, 0) is 54.8 Å². The Hall–Kier alpha value is -2.42. The van der Waals surface area contributed by atoms with Crippen LogP contribution in [0.2, 0.25) is 10.2 Å². The van der Waals surface area contributed by atoms with Gasteiger partial charge in [0.2, 0.25) is 0 Å². The molecule has 0 unspecified atom stereocenters. The van der Waals surface area contributed by atoms with E-state index in [1.54, 1.807) is 23.2 Å². The summed E-state index contributed by atoms with van der Waals surface area (Å²) in [6.45, 7) is 8.42. The van der Waals surface area contributed by atoms with Crippen molar-refractivity contribution in [3.8, 4) is 0 Å². The monoisotopic (exact) mass is 548 g/mol. The van der Waals surface area contributed by atoms with Crippen molar-refractivity contribution in [1.82, 2.24) is 14.8 Å². The van der Waals surface area contributed by atoms with E-state index >= 15 is 0 Å². The highest BCUT2D eigenvalue weighted by molar-refractivity contribution is 8.04. The van der Waals surface area contributed by atoms with E-state index in [9.17, 15) is 14.0 Å². The quantitative estimate of drug-likeness (QED) is 0.227. The lowest BCUT2D eigenvalue weighted by molar-refractivity contribution is -0.130. The van der Waals surface area contributed by atoms with Crippen LogP contribution < -0.4 is 0 Å². The Labute approximate surface area is 224 Å². The van der Waals surface area contributed by atoms with Crippen LogP contribution in [0.1, 0.15) is 49.9 Å². The van der Waals surface area contributed by atoms with Crippen molar-refractivity contribution >= 4 is 53.9 Å². The average molecular weight is 549 g/mol. The summed E-state index contributed by atoms with van der Waals surface area (Å²) in [5.74, 6) is -0.251. The van der Waals surface area contributed by atoms with E-state index in [-0.39, 0.29) is 16.8 Å². The molecule has 1 aromatic carbocycles. The minimum atomic E-state index is -0.541. The largest absolute Gasteiger partial charge is 0.354 e. The van der Waals surface area contributed by atoms with E-state index in [1.165, 1.54) is 23.9 Å². The molecule has 1 amide bonds. The number of halogens is 3. The zero-order valence-corrected chi connectivity index (χ0v) is 22.4. The number of thioether (sulfide) groups is 1. The fourth-order valence-electron chi connectivity index (χ4n) is 4.90. The van der Waals surface area contributed by atoms with Gasteiger partial charge >= 0.3 is 0 Å². The summed E-state index contributed by atoms with van der Waals surface area (Å²) in [6, 6.07) is 6.75. The minimum absolute atomic E-state index is 0.0222. The van der Waals surface area contributed by atoms with Gasteiger partial charge in [-0.15, -0.1) is 0 Å². The SMILES string of the molecule is C=N[C@@H](c1ccc(Cl)nc1)[C@@H](c1ccc(Cl)c(F)c1)N1CSC(C(=O)N2CCC[C@H]2C=O)=C1C(C)C. The molecule has 0 bridgehead atoms. The second-order valence-electron chi connectivity index (χ2n) is 9.12. The summed E-state index contributed by atoms with van der Waals surface area (Å²) in [5, 5.41) is 0.368. The smallest absolute Gasteiger partial charge is 0.262 e. The molecule has 2 aliphatic heterocycles. The molecule has 0 radical (unpaired) electrons. The lowest BCUT2D eigenvalue weighted by atomic mass is 9.91. The van der Waals surface area contributed by atoms with Gasteiger partial charge in [0.15, 0.2) is 0 Å². The van der Waals surface area contributed by atoms with Crippen molar-refractivity contribution in [3.05, 3.63) is 74.3 Å². The molecule has 0 aliphatic carbocycles. The number of hydrogen-bond donors (Lipinski definition) is 0. The first-order chi connectivity index (χ1) is 17.3. The van der Waals surface area contributed by atoms with E-state index in [1.807, 2.05) is 19.9 Å². The molecule has 2 aromatic rings. The third-order valence-corrected chi connectivity index (χ3v) is 8.17. The van der Waals surface area contributed by atoms with Gasteiger partial charge in [-0.1, -0.05) is 60.9 Å². The predicted molar refractivity (Wildman–Crippen MR) is 143 cm³/mol. The second-order valence-corrected chi connectivity index (χ2v) is 10.9. The van der Waals surface area contributed by atoms with Crippen molar-refractivity contribution in [2.75, 3.05) is 12.4 Å². The number of allylic oxidation sites excluding steroid dienone is 1. The topological polar surface area (TPSA) is 65.9 Å². The zero-order valence-electron chi connectivity index (χ0n) is 20.0. The number of likely N-dealkylation sites (tertiary alicyclic amines) is 1. The van der Waals surface area contributed by atoms with E-state index in [0.29, 0.717) is 34.5 Å². The van der Waals surface area contributed by atoms with Crippen LogP contribution in [0.3, 0.4) is 0 Å². The third kappa shape index (κ3) is 5.17. The number of rotatable bonds is 8. The van der Waals surface area contributed by atoms with Crippen LogP contribution in [0.4, 0.5) is 4.39 Å². The lowest BCUT2D eigenvalue weighted by Gasteiger charge is -2.37. The minimum Gasteiger partial charge on any atom is -0.354 e. The number of aliphatic imine (C=N–C) groups is 1. The van der Waals surface area contributed by atoms with E-state index in [4.69, 9.17) is 23.2 Å². The number of hydrogen-bond acceptors (Lipinski definition) is 6. The van der Waals surface area contributed by atoms with Crippen molar-refractivity contribution in [3.63, 3.8) is 0 Å². The Morgan fingerprint density at radius 3 is 2.64 bits per heavy atom. The maximum Gasteiger partial charge on any atom is 0.262 e. The van der Waals surface area contributed by atoms with Gasteiger partial charge in [-0.3, -0.25) is 9.79 Å². The summed E-state index contributed by atoms with van der Waals surface area (Å²) in [7, 11) is 0. The van der Waals surface area contributed by atoms with Crippen LogP contribution in [0.15, 0.2) is 52.1 Å². The molecule has 10 heteroatoms. The molecular weight excluding hydrogens is 522 g/mol. The average Bonchev–Trinajstić information content (AvgIpc) is 3.52. The van der Waals surface area contributed by atoms with Crippen molar-refractivity contribution < 1.29 is 14.0 Å². The summed E-state index contributed by atoms with van der Waals surface area (Å²) in [6.07, 6.45) is 3.95. The summed E-state index contributed by atoms with van der Waals surface area (Å²) < 4.78 is 14.7. The molecule has 36 heavy (non-hydrogen) atoms. The normalized spacial score (nSPS) is 19.7. The lowest BCUT2D eigenvalue weighted by Crippen LogP contribution is -2.37. The number of carbonyl (C=O) groups excluding carboxylic acids is 2. The predicted octanol–water partition coefficient (Wildman–Crippen LogP) is 6.07. The number of carbonyl (C=O) groups is 2. The first kappa shape index (κ1) is 26.6. The Morgan fingerprint density at radius 1 is 1.28 bits per heavy atom. The molecule has 1 aromatic heterocycles. The van der Waals surface area contributed by atoms with Gasteiger partial charge in [0.05, 0.1) is 27.9 Å². The van der Waals surface area contributed by atoms with Gasteiger partial charge in [0.1, 0.15) is 23.3 Å². The second kappa shape index (κ2) is 11.3. The molecule has 6 nitrogen and oxygen atoms in total. The first-order valence-electron chi connectivity index (χ1n) is 11.7. The molecule has 4 rings (SSSR count). The Bertz CT molecular complexity index is 1190. The fourth-order valence-corrected chi connectivity index (χ4v) is 6.44. The Kier molecular flexibility index (Phi) is 8.37. The molecule has 0 N–H and O–H groups in total. The summed E-state index contributed by atoms with van der Waals surface area (Å²) in [4.78, 5) is 38.2. The van der Waals surface area contributed by atoms with Gasteiger partial charge in [0.25, 0.3) is 5.91 Å². The maximum absolute atomic E-state index is 14.7. The van der Waals surface area contributed by atoms with Gasteiger partial charge in [-0.25, -0.2) is 9.37 Å². The summed E-state index contributed by atoms with van der Waals surface area (Å²) in [5.41, 5.74) is 2.23. The molecule has 1 fully saturated rings. The Balaban J connectivity index is 1.83. The van der Waals surface area contributed by atoms with E-state index in [2.05, 4.69) is 21.6 Å². The van der Waals surface area contributed by atoms with Crippen LogP contribution in [0.5, 0.6) is 0 Å². The standard InChI is InChI=1S/C26H27Cl2FN4O2S/c1-15(2)23-25(26(35)32-10-4-5-18(32)13-34)36-14-33(23)24(16-6-8-19(27)20(29)11-16)22(30-3)17-7-9-21(28)31-12-17/h6-9,11-13,15,18,22,24H,3-5,10,14H2,1-2H3/t18-,22-,24+/m0/s1. The van der Waals surface area contributed by atoms with Crippen molar-refractivity contribution in [2.24, 2.45) is 10.9 Å². The highest BCUT2D eigenvalue weighted by Crippen LogP contribution is 2.48. The van der Waals surface area contributed by atoms with Crippen LogP contribution in [0, 0.1) is 11.7 Å². The number of aldehydes is 1. The van der Waals surface area contributed by atoms with Crippen LogP contribution in [-0.2, 0) is 9.59 Å². The van der Waals surface area contributed by atoms with Crippen LogP contribution >= 0.6 is 35.0 Å². The molecular formula is C26H27Cl2FN4O2S. The molecule has 2 aliphatic rings. The fraction of sp³-hybridized carbons (Fsp3) is 0.385. The molecule has 3 heterocycles. The van der Waals surface area contributed by atoms with Gasteiger partial charge in [-0.2, -0.15) is 0 Å². The van der Waals surface area contributed by atoms with E-state index < -0.39 is 23.9 Å². The summed E-state index contributed by atoms with van der Waals surface area (Å²) >= 11 is 13.4. The number of pyridine rings is 1.